The number of hydrogen-bond donors (Lipinski definition) is 0. The maximum atomic E-state index is 13.9. The number of sulfonamides is 1. The first-order chi connectivity index (χ1) is 16.3. The van der Waals surface area contributed by atoms with E-state index in [9.17, 15) is 13.2 Å². The number of carbonyl (C=O) groups excluding carboxylic acids is 1. The highest BCUT2D eigenvalue weighted by molar-refractivity contribution is 7.89. The molecule has 2 aromatic heterocycles. The van der Waals surface area contributed by atoms with Gasteiger partial charge in [-0.05, 0) is 73.9 Å². The summed E-state index contributed by atoms with van der Waals surface area (Å²) in [6.45, 7) is 2.44. The molecule has 1 saturated heterocycles. The summed E-state index contributed by atoms with van der Waals surface area (Å²) in [5.74, 6) is 0.274. The van der Waals surface area contributed by atoms with Crippen LogP contribution < -0.4 is 4.90 Å². The van der Waals surface area contributed by atoms with E-state index in [1.807, 2.05) is 25.1 Å². The fraction of sp³-hybridized carbons (Fsp3) is 0.250. The Labute approximate surface area is 206 Å². The van der Waals surface area contributed by atoms with Gasteiger partial charge in [-0.25, -0.2) is 13.4 Å². The number of rotatable bonds is 6. The molecule has 176 valence electrons. The van der Waals surface area contributed by atoms with E-state index in [4.69, 9.17) is 16.0 Å². The molecule has 3 heterocycles. The molecule has 0 bridgehead atoms. The number of benzene rings is 2. The van der Waals surface area contributed by atoms with E-state index in [-0.39, 0.29) is 23.9 Å². The average molecular weight is 516 g/mol. The van der Waals surface area contributed by atoms with Crippen LogP contribution in [-0.2, 0) is 21.4 Å². The van der Waals surface area contributed by atoms with Crippen LogP contribution in [0.3, 0.4) is 0 Å². The smallest absolute Gasteiger partial charge is 0.247 e. The summed E-state index contributed by atoms with van der Waals surface area (Å²) < 4.78 is 34.6. The standard InChI is InChI=1S/C24H22ClN3O4S2/c1-16-6-11-20-22(14-16)33-24(26-20)27(15-18-4-3-13-32-18)23(29)21-5-2-12-28(21)34(30,31)19-9-7-17(25)8-10-19/h3-4,6-11,13-14,21H,2,5,12,15H2,1H3. The molecule has 1 aliphatic heterocycles. The number of amides is 1. The van der Waals surface area contributed by atoms with Crippen molar-refractivity contribution in [2.24, 2.45) is 0 Å². The molecule has 1 aliphatic rings. The summed E-state index contributed by atoms with van der Waals surface area (Å²) in [7, 11) is -3.87. The second-order valence-corrected chi connectivity index (χ2v) is 11.5. The van der Waals surface area contributed by atoms with Crippen LogP contribution in [0, 0.1) is 6.92 Å². The molecule has 7 nitrogen and oxygen atoms in total. The normalized spacial score (nSPS) is 16.8. The molecule has 5 rings (SSSR count). The summed E-state index contributed by atoms with van der Waals surface area (Å²) in [6.07, 6.45) is 2.58. The predicted octanol–water partition coefficient (Wildman–Crippen LogP) is 5.24. The Morgan fingerprint density at radius 2 is 2.03 bits per heavy atom. The number of thiazole rings is 1. The molecule has 1 fully saturated rings. The molecular formula is C24H22ClN3O4S2. The lowest BCUT2D eigenvalue weighted by atomic mass is 10.2. The average Bonchev–Trinajstić information content (AvgIpc) is 3.57. The molecule has 1 unspecified atom stereocenters. The van der Waals surface area contributed by atoms with E-state index >= 15 is 0 Å². The molecule has 0 radical (unpaired) electrons. The van der Waals surface area contributed by atoms with E-state index in [2.05, 4.69) is 4.98 Å². The Balaban J connectivity index is 1.51. The molecule has 4 aromatic rings. The quantitative estimate of drug-likeness (QED) is 0.351. The highest BCUT2D eigenvalue weighted by Crippen LogP contribution is 2.34. The lowest BCUT2D eigenvalue weighted by Gasteiger charge is -2.28. The zero-order valence-electron chi connectivity index (χ0n) is 18.3. The SMILES string of the molecule is Cc1ccc2nc(N(Cc3ccco3)C(=O)C3CCCN3S(=O)(=O)c3ccc(Cl)cc3)sc2c1. The van der Waals surface area contributed by atoms with Gasteiger partial charge in [0.2, 0.25) is 15.9 Å². The Morgan fingerprint density at radius 3 is 2.76 bits per heavy atom. The number of nitrogens with zero attached hydrogens (tertiary/aromatic N) is 3. The highest BCUT2D eigenvalue weighted by atomic mass is 35.5. The first-order valence-corrected chi connectivity index (χ1v) is 13.4. The highest BCUT2D eigenvalue weighted by Gasteiger charge is 2.42. The summed E-state index contributed by atoms with van der Waals surface area (Å²) in [4.78, 5) is 20.2. The van der Waals surface area contributed by atoms with Crippen LogP contribution in [-0.4, -0.2) is 36.2 Å². The summed E-state index contributed by atoms with van der Waals surface area (Å²) >= 11 is 7.34. The van der Waals surface area contributed by atoms with E-state index in [0.29, 0.717) is 28.8 Å². The van der Waals surface area contributed by atoms with Crippen LogP contribution in [0.25, 0.3) is 10.2 Å². The zero-order chi connectivity index (χ0) is 23.9. The molecule has 34 heavy (non-hydrogen) atoms. The van der Waals surface area contributed by atoms with Gasteiger partial charge >= 0.3 is 0 Å². The Morgan fingerprint density at radius 1 is 1.24 bits per heavy atom. The molecule has 10 heteroatoms. The molecule has 0 aliphatic carbocycles. The van der Waals surface area contributed by atoms with Crippen molar-refractivity contribution in [3.63, 3.8) is 0 Å². The summed E-state index contributed by atoms with van der Waals surface area (Å²) in [5.41, 5.74) is 1.89. The molecule has 1 amide bonds. The number of furan rings is 1. The first kappa shape index (κ1) is 23.0. The third-order valence-electron chi connectivity index (χ3n) is 5.83. The van der Waals surface area contributed by atoms with Gasteiger partial charge < -0.3 is 4.42 Å². The molecule has 0 spiro atoms. The van der Waals surface area contributed by atoms with Gasteiger partial charge in [-0.3, -0.25) is 9.69 Å². The van der Waals surface area contributed by atoms with Crippen molar-refractivity contribution in [2.75, 3.05) is 11.4 Å². The van der Waals surface area contributed by atoms with Crippen LogP contribution in [0.1, 0.15) is 24.2 Å². The van der Waals surface area contributed by atoms with Gasteiger partial charge in [0.15, 0.2) is 5.13 Å². The van der Waals surface area contributed by atoms with Gasteiger partial charge in [0.25, 0.3) is 0 Å². The van der Waals surface area contributed by atoms with Gasteiger partial charge in [-0.2, -0.15) is 4.31 Å². The largest absolute Gasteiger partial charge is 0.467 e. The van der Waals surface area contributed by atoms with Crippen LogP contribution >= 0.6 is 22.9 Å². The van der Waals surface area contributed by atoms with E-state index in [1.54, 1.807) is 23.3 Å². The Bertz CT molecular complexity index is 1430. The number of carbonyl (C=O) groups is 1. The molecular weight excluding hydrogens is 494 g/mol. The summed E-state index contributed by atoms with van der Waals surface area (Å²) in [5, 5.41) is 0.960. The van der Waals surface area contributed by atoms with Crippen LogP contribution in [0.15, 0.2) is 70.2 Å². The van der Waals surface area contributed by atoms with Gasteiger partial charge in [0, 0.05) is 11.6 Å². The maximum absolute atomic E-state index is 13.9. The predicted molar refractivity (Wildman–Crippen MR) is 133 cm³/mol. The van der Waals surface area contributed by atoms with Gasteiger partial charge in [-0.15, -0.1) is 0 Å². The minimum absolute atomic E-state index is 0.115. The fourth-order valence-electron chi connectivity index (χ4n) is 4.13. The van der Waals surface area contributed by atoms with Gasteiger partial charge in [0.05, 0.1) is 27.9 Å². The monoisotopic (exact) mass is 515 g/mol. The molecule has 0 saturated carbocycles. The third-order valence-corrected chi connectivity index (χ3v) is 9.05. The number of hydrogen-bond acceptors (Lipinski definition) is 6. The second kappa shape index (κ2) is 9.14. The molecule has 0 N–H and O–H groups in total. The topological polar surface area (TPSA) is 83.7 Å². The van der Waals surface area contributed by atoms with Crippen LogP contribution in [0.2, 0.25) is 5.02 Å². The zero-order valence-corrected chi connectivity index (χ0v) is 20.7. The molecule has 2 aromatic carbocycles. The van der Waals surface area contributed by atoms with Crippen molar-refractivity contribution in [3.05, 3.63) is 77.2 Å². The number of fused-ring (bicyclic) bond motifs is 1. The van der Waals surface area contributed by atoms with Crippen LogP contribution in [0.4, 0.5) is 5.13 Å². The van der Waals surface area contributed by atoms with E-state index in [1.165, 1.54) is 39.9 Å². The fourth-order valence-corrected chi connectivity index (χ4v) is 6.98. The summed E-state index contributed by atoms with van der Waals surface area (Å²) in [6, 6.07) is 14.6. The minimum atomic E-state index is -3.87. The van der Waals surface area contributed by atoms with Crippen molar-refractivity contribution in [1.82, 2.24) is 9.29 Å². The molecule has 1 atom stereocenters. The lowest BCUT2D eigenvalue weighted by molar-refractivity contribution is -0.121. The van der Waals surface area contributed by atoms with Crippen molar-refractivity contribution in [1.29, 1.82) is 0 Å². The lowest BCUT2D eigenvalue weighted by Crippen LogP contribution is -2.47. The minimum Gasteiger partial charge on any atom is -0.467 e. The van der Waals surface area contributed by atoms with Crippen molar-refractivity contribution in [2.45, 2.75) is 37.2 Å². The van der Waals surface area contributed by atoms with Crippen molar-refractivity contribution < 1.29 is 17.6 Å². The third kappa shape index (κ3) is 4.36. The van der Waals surface area contributed by atoms with E-state index in [0.717, 1.165) is 15.8 Å². The van der Waals surface area contributed by atoms with Gasteiger partial charge in [0.1, 0.15) is 11.8 Å². The van der Waals surface area contributed by atoms with Gasteiger partial charge in [-0.1, -0.05) is 29.0 Å². The van der Waals surface area contributed by atoms with Crippen LogP contribution in [0.5, 0.6) is 0 Å². The van der Waals surface area contributed by atoms with Crippen molar-refractivity contribution in [3.8, 4) is 0 Å². The number of aromatic nitrogens is 1. The Hall–Kier alpha value is -2.72. The van der Waals surface area contributed by atoms with Crippen molar-refractivity contribution >= 4 is 54.2 Å². The number of anilines is 1. The maximum Gasteiger partial charge on any atom is 0.247 e. The number of halogens is 1. The first-order valence-electron chi connectivity index (χ1n) is 10.8. The van der Waals surface area contributed by atoms with E-state index < -0.39 is 16.1 Å². The Kier molecular flexibility index (Phi) is 6.20. The second-order valence-electron chi connectivity index (χ2n) is 8.20. The number of aryl methyl sites for hydroxylation is 1.